The molecule has 0 saturated carbocycles. The van der Waals surface area contributed by atoms with Crippen LogP contribution in [0.3, 0.4) is 0 Å². The quantitative estimate of drug-likeness (QED) is 0.853. The van der Waals surface area contributed by atoms with E-state index in [4.69, 9.17) is 4.74 Å². The molecule has 2 aromatic rings. The van der Waals surface area contributed by atoms with E-state index in [1.807, 2.05) is 6.92 Å². The number of aromatic nitrogens is 6. The number of rotatable bonds is 6. The van der Waals surface area contributed by atoms with Crippen molar-refractivity contribution in [2.24, 2.45) is 7.05 Å². The average Bonchev–Trinajstić information content (AvgIpc) is 2.76. The third-order valence-electron chi connectivity index (χ3n) is 2.42. The van der Waals surface area contributed by atoms with Crippen molar-refractivity contribution in [2.45, 2.75) is 20.3 Å². The first-order valence-electron chi connectivity index (χ1n) is 6.34. The standard InChI is InChI=1S/C11H16BrN7O/c1-4-6-13-10-14-9(15-11(16-10)20-5-2)7-8(12)17-18-19(7)3/h4-6H2,1-3H3,(H,13,14,15,16). The Morgan fingerprint density at radius 3 is 2.65 bits per heavy atom. The zero-order chi connectivity index (χ0) is 14.5. The molecule has 2 aromatic heterocycles. The molecule has 20 heavy (non-hydrogen) atoms. The Balaban J connectivity index is 2.43. The van der Waals surface area contributed by atoms with Crippen LogP contribution in [0.5, 0.6) is 6.01 Å². The fraction of sp³-hybridized carbons (Fsp3) is 0.545. The predicted molar refractivity (Wildman–Crippen MR) is 77.5 cm³/mol. The maximum Gasteiger partial charge on any atom is 0.321 e. The summed E-state index contributed by atoms with van der Waals surface area (Å²) in [5.41, 5.74) is 0.674. The minimum atomic E-state index is 0.282. The minimum Gasteiger partial charge on any atom is -0.464 e. The summed E-state index contributed by atoms with van der Waals surface area (Å²) in [5.74, 6) is 0.940. The maximum absolute atomic E-state index is 5.38. The lowest BCUT2D eigenvalue weighted by molar-refractivity contribution is 0.312. The van der Waals surface area contributed by atoms with Gasteiger partial charge in [-0.05, 0) is 29.3 Å². The lowest BCUT2D eigenvalue weighted by Crippen LogP contribution is -2.09. The van der Waals surface area contributed by atoms with E-state index in [0.717, 1.165) is 13.0 Å². The van der Waals surface area contributed by atoms with Crippen LogP contribution in [-0.2, 0) is 7.05 Å². The van der Waals surface area contributed by atoms with E-state index in [0.29, 0.717) is 28.7 Å². The highest BCUT2D eigenvalue weighted by molar-refractivity contribution is 9.10. The fourth-order valence-electron chi connectivity index (χ4n) is 1.54. The molecule has 0 bridgehead atoms. The van der Waals surface area contributed by atoms with Gasteiger partial charge in [-0.3, -0.25) is 0 Å². The smallest absolute Gasteiger partial charge is 0.321 e. The summed E-state index contributed by atoms with van der Waals surface area (Å²) in [6.07, 6.45) is 0.974. The van der Waals surface area contributed by atoms with Gasteiger partial charge in [0.1, 0.15) is 5.69 Å². The van der Waals surface area contributed by atoms with E-state index < -0.39 is 0 Å². The van der Waals surface area contributed by atoms with Crippen LogP contribution in [0.25, 0.3) is 11.5 Å². The number of hydrogen-bond donors (Lipinski definition) is 1. The molecule has 0 aliphatic rings. The van der Waals surface area contributed by atoms with Crippen molar-refractivity contribution >= 4 is 21.9 Å². The molecule has 108 valence electrons. The van der Waals surface area contributed by atoms with Crippen LogP contribution < -0.4 is 10.1 Å². The van der Waals surface area contributed by atoms with Crippen molar-refractivity contribution in [3.8, 4) is 17.5 Å². The molecule has 0 aliphatic heterocycles. The normalized spacial score (nSPS) is 10.6. The van der Waals surface area contributed by atoms with Crippen molar-refractivity contribution in [3.63, 3.8) is 0 Å². The molecule has 0 aliphatic carbocycles. The van der Waals surface area contributed by atoms with Crippen molar-refractivity contribution in [1.82, 2.24) is 29.9 Å². The summed E-state index contributed by atoms with van der Waals surface area (Å²) < 4.78 is 7.55. The average molecular weight is 342 g/mol. The second-order valence-electron chi connectivity index (χ2n) is 3.98. The van der Waals surface area contributed by atoms with Gasteiger partial charge in [0.05, 0.1) is 6.61 Å². The van der Waals surface area contributed by atoms with Gasteiger partial charge in [0.2, 0.25) is 5.95 Å². The van der Waals surface area contributed by atoms with Crippen molar-refractivity contribution in [2.75, 3.05) is 18.5 Å². The molecule has 0 atom stereocenters. The number of nitrogens with one attached hydrogen (secondary N) is 1. The molecule has 0 aromatic carbocycles. The Morgan fingerprint density at radius 2 is 2.05 bits per heavy atom. The summed E-state index contributed by atoms with van der Waals surface area (Å²) in [4.78, 5) is 12.9. The van der Waals surface area contributed by atoms with Crippen LogP contribution >= 0.6 is 15.9 Å². The Bertz CT molecular complexity index is 567. The lowest BCUT2D eigenvalue weighted by Gasteiger charge is -2.08. The summed E-state index contributed by atoms with van der Waals surface area (Å²) in [6, 6.07) is 0.282. The van der Waals surface area contributed by atoms with Gasteiger partial charge in [0.25, 0.3) is 0 Å². The molecule has 0 unspecified atom stereocenters. The number of ether oxygens (including phenoxy) is 1. The van der Waals surface area contributed by atoms with Gasteiger partial charge in [0.15, 0.2) is 10.4 Å². The Labute approximate surface area is 125 Å². The minimum absolute atomic E-state index is 0.282. The van der Waals surface area contributed by atoms with E-state index in [1.165, 1.54) is 0 Å². The molecule has 0 spiro atoms. The van der Waals surface area contributed by atoms with Gasteiger partial charge >= 0.3 is 6.01 Å². The van der Waals surface area contributed by atoms with Crippen molar-refractivity contribution < 1.29 is 4.74 Å². The summed E-state index contributed by atoms with van der Waals surface area (Å²) >= 11 is 3.34. The molecular formula is C11H16BrN7O. The number of halogens is 1. The Morgan fingerprint density at radius 1 is 1.25 bits per heavy atom. The molecule has 0 saturated heterocycles. The van der Waals surface area contributed by atoms with Gasteiger partial charge < -0.3 is 10.1 Å². The van der Waals surface area contributed by atoms with Crippen LogP contribution in [0.15, 0.2) is 4.60 Å². The van der Waals surface area contributed by atoms with Gasteiger partial charge in [-0.25, -0.2) is 4.68 Å². The third-order valence-corrected chi connectivity index (χ3v) is 2.95. The molecule has 0 radical (unpaired) electrons. The largest absolute Gasteiger partial charge is 0.464 e. The number of nitrogens with zero attached hydrogens (tertiary/aromatic N) is 6. The number of hydrogen-bond acceptors (Lipinski definition) is 7. The van der Waals surface area contributed by atoms with Gasteiger partial charge in [-0.1, -0.05) is 12.1 Å². The molecule has 0 amide bonds. The van der Waals surface area contributed by atoms with Crippen LogP contribution in [-0.4, -0.2) is 43.1 Å². The van der Waals surface area contributed by atoms with Crippen LogP contribution in [0.1, 0.15) is 20.3 Å². The van der Waals surface area contributed by atoms with Gasteiger partial charge in [-0.2, -0.15) is 15.0 Å². The van der Waals surface area contributed by atoms with E-state index in [1.54, 1.807) is 11.7 Å². The van der Waals surface area contributed by atoms with Gasteiger partial charge in [-0.15, -0.1) is 5.10 Å². The molecule has 1 N–H and O–H groups in total. The zero-order valence-corrected chi connectivity index (χ0v) is 13.2. The first-order chi connectivity index (χ1) is 9.65. The highest BCUT2D eigenvalue weighted by Gasteiger charge is 2.16. The Kier molecular flexibility index (Phi) is 4.83. The molecule has 2 heterocycles. The van der Waals surface area contributed by atoms with E-state index in [-0.39, 0.29) is 6.01 Å². The number of aryl methyl sites for hydroxylation is 1. The zero-order valence-electron chi connectivity index (χ0n) is 11.6. The van der Waals surface area contributed by atoms with E-state index in [2.05, 4.69) is 53.4 Å². The maximum atomic E-state index is 5.38. The highest BCUT2D eigenvalue weighted by atomic mass is 79.9. The molecular weight excluding hydrogens is 326 g/mol. The Hall–Kier alpha value is -1.77. The molecule has 2 rings (SSSR count). The second kappa shape index (κ2) is 6.60. The summed E-state index contributed by atoms with van der Waals surface area (Å²) in [7, 11) is 1.77. The van der Waals surface area contributed by atoms with Crippen molar-refractivity contribution in [3.05, 3.63) is 4.60 Å². The lowest BCUT2D eigenvalue weighted by atomic mass is 10.4. The topological polar surface area (TPSA) is 90.6 Å². The highest BCUT2D eigenvalue weighted by Crippen LogP contribution is 2.24. The van der Waals surface area contributed by atoms with E-state index in [9.17, 15) is 0 Å². The van der Waals surface area contributed by atoms with Gasteiger partial charge in [0, 0.05) is 13.6 Å². The molecule has 9 heteroatoms. The van der Waals surface area contributed by atoms with Crippen LogP contribution in [0.4, 0.5) is 5.95 Å². The van der Waals surface area contributed by atoms with Crippen LogP contribution in [0.2, 0.25) is 0 Å². The molecule has 8 nitrogen and oxygen atoms in total. The summed E-state index contributed by atoms with van der Waals surface area (Å²) in [5, 5.41) is 11.0. The SMILES string of the molecule is CCCNc1nc(OCC)nc(-c2c(Br)nnn2C)n1. The third kappa shape index (κ3) is 3.21. The van der Waals surface area contributed by atoms with E-state index >= 15 is 0 Å². The van der Waals surface area contributed by atoms with Crippen molar-refractivity contribution in [1.29, 1.82) is 0 Å². The second-order valence-corrected chi connectivity index (χ2v) is 4.73. The number of anilines is 1. The molecule has 0 fully saturated rings. The van der Waals surface area contributed by atoms with Crippen LogP contribution in [0, 0.1) is 0 Å². The predicted octanol–water partition coefficient (Wildman–Crippen LogP) is 1.65. The summed E-state index contributed by atoms with van der Waals surface area (Å²) in [6.45, 7) is 5.21. The monoisotopic (exact) mass is 341 g/mol. The first kappa shape index (κ1) is 14.6. The fourth-order valence-corrected chi connectivity index (χ4v) is 2.05. The first-order valence-corrected chi connectivity index (χ1v) is 7.13.